The number of anilines is 1. The van der Waals surface area contributed by atoms with Crippen molar-refractivity contribution >= 4 is 22.9 Å². The molecule has 2 aromatic heterocycles. The fourth-order valence-corrected chi connectivity index (χ4v) is 4.83. The quantitative estimate of drug-likeness (QED) is 0.678. The summed E-state index contributed by atoms with van der Waals surface area (Å²) in [4.78, 5) is 2.38. The molecule has 4 heterocycles. The zero-order valence-corrected chi connectivity index (χ0v) is 16.2. The number of aromatic nitrogens is 3. The van der Waals surface area contributed by atoms with Gasteiger partial charge >= 0.3 is 0 Å². The SMILES string of the molecule is CCCc1nnc2c(Cl)c(N3CCC4(CC3)COc3ccccc34)ccn12. The van der Waals surface area contributed by atoms with Crippen molar-refractivity contribution in [2.75, 3.05) is 24.6 Å². The van der Waals surface area contributed by atoms with Gasteiger partial charge in [0, 0.05) is 36.7 Å². The smallest absolute Gasteiger partial charge is 0.181 e. The maximum absolute atomic E-state index is 6.73. The van der Waals surface area contributed by atoms with Crippen LogP contribution in [-0.2, 0) is 11.8 Å². The van der Waals surface area contributed by atoms with E-state index < -0.39 is 0 Å². The minimum Gasteiger partial charge on any atom is -0.492 e. The van der Waals surface area contributed by atoms with Crippen LogP contribution in [-0.4, -0.2) is 34.3 Å². The Labute approximate surface area is 163 Å². The number of rotatable bonds is 3. The number of halogens is 1. The van der Waals surface area contributed by atoms with Gasteiger partial charge in [0.05, 0.1) is 12.3 Å². The summed E-state index contributed by atoms with van der Waals surface area (Å²) in [6.45, 7) is 4.86. The molecule has 0 aliphatic carbocycles. The molecule has 140 valence electrons. The van der Waals surface area contributed by atoms with Crippen molar-refractivity contribution in [1.29, 1.82) is 0 Å². The number of benzene rings is 1. The minimum absolute atomic E-state index is 0.146. The first-order chi connectivity index (χ1) is 13.2. The van der Waals surface area contributed by atoms with Crippen molar-refractivity contribution in [3.05, 3.63) is 52.9 Å². The summed E-state index contributed by atoms with van der Waals surface area (Å²) in [7, 11) is 0. The Balaban J connectivity index is 1.41. The van der Waals surface area contributed by atoms with E-state index in [0.717, 1.165) is 68.3 Å². The van der Waals surface area contributed by atoms with Crippen molar-refractivity contribution in [2.24, 2.45) is 0 Å². The fourth-order valence-electron chi connectivity index (χ4n) is 4.51. The van der Waals surface area contributed by atoms with Gasteiger partial charge in [-0.05, 0) is 31.4 Å². The zero-order valence-electron chi connectivity index (χ0n) is 15.5. The van der Waals surface area contributed by atoms with E-state index in [2.05, 4.69) is 52.5 Å². The molecule has 0 bridgehead atoms. The van der Waals surface area contributed by atoms with Crippen LogP contribution in [0.3, 0.4) is 0 Å². The highest BCUT2D eigenvalue weighted by Crippen LogP contribution is 2.46. The number of hydrogen-bond acceptors (Lipinski definition) is 4. The highest BCUT2D eigenvalue weighted by molar-refractivity contribution is 6.36. The molecule has 0 radical (unpaired) electrons. The molecule has 0 atom stereocenters. The summed E-state index contributed by atoms with van der Waals surface area (Å²) in [5.74, 6) is 2.02. The molecular weight excluding hydrogens is 360 g/mol. The van der Waals surface area contributed by atoms with Gasteiger partial charge in [-0.2, -0.15) is 0 Å². The van der Waals surface area contributed by atoms with Crippen molar-refractivity contribution in [3.63, 3.8) is 0 Å². The number of pyridine rings is 1. The number of nitrogens with zero attached hydrogens (tertiary/aromatic N) is 4. The summed E-state index contributed by atoms with van der Waals surface area (Å²) < 4.78 is 7.99. The second-order valence-corrected chi connectivity index (χ2v) is 8.00. The average Bonchev–Trinajstić information content (AvgIpc) is 3.27. The molecule has 6 heteroatoms. The summed E-state index contributed by atoms with van der Waals surface area (Å²) in [5, 5.41) is 9.34. The van der Waals surface area contributed by atoms with Crippen LogP contribution in [0.2, 0.25) is 5.02 Å². The first-order valence-corrected chi connectivity index (χ1v) is 10.1. The van der Waals surface area contributed by atoms with Gasteiger partial charge in [0.2, 0.25) is 0 Å². The Hall–Kier alpha value is -2.27. The van der Waals surface area contributed by atoms with E-state index in [0.29, 0.717) is 5.02 Å². The predicted octanol–water partition coefficient (Wildman–Crippen LogP) is 4.27. The van der Waals surface area contributed by atoms with E-state index in [1.54, 1.807) is 0 Å². The van der Waals surface area contributed by atoms with Gasteiger partial charge < -0.3 is 9.64 Å². The fraction of sp³-hybridized carbons (Fsp3) is 0.429. The van der Waals surface area contributed by atoms with Crippen molar-refractivity contribution in [3.8, 4) is 5.75 Å². The molecule has 3 aromatic rings. The second kappa shape index (κ2) is 6.41. The normalized spacial score (nSPS) is 18.1. The molecule has 1 fully saturated rings. The summed E-state index contributed by atoms with van der Waals surface area (Å²) >= 11 is 6.73. The first kappa shape index (κ1) is 16.9. The van der Waals surface area contributed by atoms with Crippen molar-refractivity contribution in [2.45, 2.75) is 38.0 Å². The van der Waals surface area contributed by atoms with Gasteiger partial charge in [-0.15, -0.1) is 10.2 Å². The molecule has 1 spiro atoms. The second-order valence-electron chi connectivity index (χ2n) is 7.63. The van der Waals surface area contributed by atoms with E-state index in [-0.39, 0.29) is 5.41 Å². The van der Waals surface area contributed by atoms with Crippen molar-refractivity contribution in [1.82, 2.24) is 14.6 Å². The maximum Gasteiger partial charge on any atom is 0.181 e. The highest BCUT2D eigenvalue weighted by Gasteiger charge is 2.43. The van der Waals surface area contributed by atoms with Gasteiger partial charge in [0.1, 0.15) is 16.6 Å². The standard InChI is InChI=1S/C21H23ClN4O/c1-2-5-18-23-24-20-19(22)16(8-11-26(18)20)25-12-9-21(10-13-25)14-27-17-7-4-3-6-15(17)21/h3-4,6-8,11H,2,5,9-10,12-14H2,1H3. The van der Waals surface area contributed by atoms with Crippen LogP contribution < -0.4 is 9.64 Å². The molecule has 0 saturated carbocycles. The molecule has 27 heavy (non-hydrogen) atoms. The maximum atomic E-state index is 6.73. The number of hydrogen-bond donors (Lipinski definition) is 0. The lowest BCUT2D eigenvalue weighted by atomic mass is 9.74. The third kappa shape index (κ3) is 2.59. The third-order valence-electron chi connectivity index (χ3n) is 6.07. The van der Waals surface area contributed by atoms with Gasteiger partial charge in [0.25, 0.3) is 0 Å². The molecule has 2 aliphatic rings. The van der Waals surface area contributed by atoms with Gasteiger partial charge in [-0.1, -0.05) is 36.7 Å². The first-order valence-electron chi connectivity index (χ1n) is 9.71. The molecule has 5 nitrogen and oxygen atoms in total. The predicted molar refractivity (Wildman–Crippen MR) is 107 cm³/mol. The molecule has 5 rings (SSSR count). The number of ether oxygens (including phenoxy) is 1. The average molecular weight is 383 g/mol. The lowest BCUT2D eigenvalue weighted by molar-refractivity contribution is 0.230. The molecule has 1 aromatic carbocycles. The van der Waals surface area contributed by atoms with Gasteiger partial charge in [0.15, 0.2) is 5.65 Å². The Bertz CT molecular complexity index is 991. The largest absolute Gasteiger partial charge is 0.492 e. The lowest BCUT2D eigenvalue weighted by Crippen LogP contribution is -2.43. The van der Waals surface area contributed by atoms with E-state index in [9.17, 15) is 0 Å². The third-order valence-corrected chi connectivity index (χ3v) is 6.43. The Morgan fingerprint density at radius 3 is 2.78 bits per heavy atom. The summed E-state index contributed by atoms with van der Waals surface area (Å²) in [6.07, 6.45) is 6.14. The molecule has 2 aliphatic heterocycles. The molecule has 0 N–H and O–H groups in total. The Morgan fingerprint density at radius 2 is 1.96 bits per heavy atom. The number of aryl methyl sites for hydroxylation is 1. The van der Waals surface area contributed by atoms with Crippen LogP contribution in [0.5, 0.6) is 5.75 Å². The van der Waals surface area contributed by atoms with E-state index in [4.69, 9.17) is 16.3 Å². The highest BCUT2D eigenvalue weighted by atomic mass is 35.5. The van der Waals surface area contributed by atoms with Crippen molar-refractivity contribution < 1.29 is 4.74 Å². The number of para-hydroxylation sites is 1. The number of piperidine rings is 1. The van der Waals surface area contributed by atoms with Crippen LogP contribution in [0.25, 0.3) is 5.65 Å². The zero-order chi connectivity index (χ0) is 18.4. The molecular formula is C21H23ClN4O. The minimum atomic E-state index is 0.146. The Kier molecular flexibility index (Phi) is 4.01. The summed E-state index contributed by atoms with van der Waals surface area (Å²) in [6, 6.07) is 10.6. The van der Waals surface area contributed by atoms with Gasteiger partial charge in [-0.3, -0.25) is 4.40 Å². The van der Waals surface area contributed by atoms with Crippen LogP contribution in [0.15, 0.2) is 36.5 Å². The molecule has 0 unspecified atom stereocenters. The van der Waals surface area contributed by atoms with Crippen LogP contribution >= 0.6 is 11.6 Å². The molecule has 1 saturated heterocycles. The van der Waals surface area contributed by atoms with Crippen LogP contribution in [0.1, 0.15) is 37.6 Å². The van der Waals surface area contributed by atoms with Gasteiger partial charge in [-0.25, -0.2) is 0 Å². The lowest BCUT2D eigenvalue weighted by Gasteiger charge is -2.40. The Morgan fingerprint density at radius 1 is 1.15 bits per heavy atom. The van der Waals surface area contributed by atoms with Crippen LogP contribution in [0.4, 0.5) is 5.69 Å². The summed E-state index contributed by atoms with van der Waals surface area (Å²) in [5.41, 5.74) is 3.33. The monoisotopic (exact) mass is 382 g/mol. The molecule has 0 amide bonds. The topological polar surface area (TPSA) is 42.7 Å². The van der Waals surface area contributed by atoms with E-state index in [1.807, 2.05) is 10.5 Å². The van der Waals surface area contributed by atoms with E-state index in [1.165, 1.54) is 5.56 Å². The number of fused-ring (bicyclic) bond motifs is 3. The van der Waals surface area contributed by atoms with E-state index >= 15 is 0 Å². The van der Waals surface area contributed by atoms with Crippen LogP contribution in [0, 0.1) is 0 Å².